The Morgan fingerprint density at radius 2 is 2.21 bits per heavy atom. The molecule has 106 valence electrons. The number of hydrogen-bond acceptors (Lipinski definition) is 3. The average molecular weight is 265 g/mol. The van der Waals surface area contributed by atoms with Gasteiger partial charge in [0.05, 0.1) is 6.04 Å². The van der Waals surface area contributed by atoms with Gasteiger partial charge in [-0.25, -0.2) is 9.78 Å². The van der Waals surface area contributed by atoms with Gasteiger partial charge in [0.15, 0.2) is 0 Å². The topological polar surface area (TPSA) is 64.3 Å². The minimum absolute atomic E-state index is 0.109. The fourth-order valence-electron chi connectivity index (χ4n) is 2.47. The predicted octanol–water partition coefficient (Wildman–Crippen LogP) is 1.21. The van der Waals surface area contributed by atoms with Crippen LogP contribution in [0, 0.1) is 0 Å². The summed E-state index contributed by atoms with van der Waals surface area (Å²) in [5, 5.41) is 3.56. The molecular weight excluding hydrogens is 242 g/mol. The highest BCUT2D eigenvalue weighted by Gasteiger charge is 2.24. The number of piperidine rings is 1. The van der Waals surface area contributed by atoms with Gasteiger partial charge in [0.1, 0.15) is 5.82 Å². The lowest BCUT2D eigenvalue weighted by atomic mass is 10.0. The summed E-state index contributed by atoms with van der Waals surface area (Å²) in [6, 6.07) is 0.778. The Labute approximate surface area is 114 Å². The molecule has 0 aliphatic carbocycles. The van der Waals surface area contributed by atoms with Crippen LogP contribution in [0.5, 0.6) is 0 Å². The maximum absolute atomic E-state index is 11.8. The number of nitrogens with one attached hydrogen (secondary N) is 2. The Hall–Kier alpha value is -1.56. The number of aromatic amines is 1. The first-order valence-corrected chi connectivity index (χ1v) is 6.79. The number of urea groups is 1. The minimum Gasteiger partial charge on any atom is -0.347 e. The van der Waals surface area contributed by atoms with Crippen LogP contribution in [-0.2, 0) is 0 Å². The van der Waals surface area contributed by atoms with E-state index in [1.807, 2.05) is 11.1 Å². The van der Waals surface area contributed by atoms with Gasteiger partial charge in [-0.2, -0.15) is 0 Å². The Morgan fingerprint density at radius 1 is 1.53 bits per heavy atom. The van der Waals surface area contributed by atoms with E-state index in [9.17, 15) is 4.79 Å². The number of amides is 2. The number of carbonyl (C=O) groups excluding carboxylic acids is 1. The van der Waals surface area contributed by atoms with Gasteiger partial charge >= 0.3 is 6.03 Å². The normalized spacial score (nSPS) is 18.4. The Morgan fingerprint density at radius 3 is 2.74 bits per heavy atom. The predicted molar refractivity (Wildman–Crippen MR) is 73.8 cm³/mol. The summed E-state index contributed by atoms with van der Waals surface area (Å²) in [4.78, 5) is 22.8. The van der Waals surface area contributed by atoms with E-state index >= 15 is 0 Å². The van der Waals surface area contributed by atoms with Crippen LogP contribution in [-0.4, -0.2) is 59.0 Å². The van der Waals surface area contributed by atoms with Crippen LogP contribution in [0.2, 0.25) is 0 Å². The van der Waals surface area contributed by atoms with Gasteiger partial charge in [-0.1, -0.05) is 0 Å². The number of imidazole rings is 1. The molecule has 0 spiro atoms. The van der Waals surface area contributed by atoms with Gasteiger partial charge in [-0.3, -0.25) is 0 Å². The third-order valence-electron chi connectivity index (χ3n) is 3.56. The number of H-pyrrole nitrogens is 1. The maximum atomic E-state index is 11.8. The number of rotatable bonds is 3. The minimum atomic E-state index is 0.109. The second-order valence-corrected chi connectivity index (χ2v) is 5.30. The average Bonchev–Trinajstić information content (AvgIpc) is 2.92. The Balaban J connectivity index is 1.79. The molecule has 0 radical (unpaired) electrons. The molecule has 6 nitrogen and oxygen atoms in total. The molecule has 19 heavy (non-hydrogen) atoms. The molecule has 1 atom stereocenters. The van der Waals surface area contributed by atoms with Crippen LogP contribution in [0.15, 0.2) is 12.4 Å². The zero-order valence-electron chi connectivity index (χ0n) is 11.9. The molecular formula is C13H23N5O. The summed E-state index contributed by atoms with van der Waals surface area (Å²) in [7, 11) is 3.59. The molecule has 2 rings (SSSR count). The summed E-state index contributed by atoms with van der Waals surface area (Å²) in [6.07, 6.45) is 5.59. The molecule has 1 aliphatic rings. The van der Waals surface area contributed by atoms with Crippen molar-refractivity contribution in [1.82, 2.24) is 25.1 Å². The molecule has 1 aromatic heterocycles. The van der Waals surface area contributed by atoms with Crippen molar-refractivity contribution in [1.29, 1.82) is 0 Å². The largest absolute Gasteiger partial charge is 0.347 e. The fraction of sp³-hybridized carbons (Fsp3) is 0.692. The van der Waals surface area contributed by atoms with E-state index in [4.69, 9.17) is 0 Å². The highest BCUT2D eigenvalue weighted by molar-refractivity contribution is 5.73. The summed E-state index contributed by atoms with van der Waals surface area (Å²) >= 11 is 0. The number of aromatic nitrogens is 2. The molecule has 2 heterocycles. The van der Waals surface area contributed by atoms with E-state index in [0.717, 1.165) is 31.8 Å². The van der Waals surface area contributed by atoms with Crippen LogP contribution >= 0.6 is 0 Å². The zero-order valence-corrected chi connectivity index (χ0v) is 11.9. The Kier molecular flexibility index (Phi) is 4.42. The van der Waals surface area contributed by atoms with Crippen molar-refractivity contribution < 1.29 is 4.79 Å². The quantitative estimate of drug-likeness (QED) is 0.863. The standard InChI is InChI=1S/C13H23N5O/c1-10(12-14-6-7-15-12)16-11-4-8-18(9-5-11)13(19)17(2)3/h6-7,10-11,16H,4-5,8-9H2,1-3H3,(H,14,15). The lowest BCUT2D eigenvalue weighted by Crippen LogP contribution is -2.48. The van der Waals surface area contributed by atoms with Gasteiger partial charge in [0, 0.05) is 45.6 Å². The smallest absolute Gasteiger partial charge is 0.319 e. The van der Waals surface area contributed by atoms with E-state index in [1.54, 1.807) is 25.2 Å². The first-order chi connectivity index (χ1) is 9.08. The SMILES string of the molecule is CC(NC1CCN(C(=O)N(C)C)CC1)c1ncc[nH]1. The van der Waals surface area contributed by atoms with Crippen LogP contribution in [0.25, 0.3) is 0 Å². The van der Waals surface area contributed by atoms with E-state index in [1.165, 1.54) is 0 Å². The van der Waals surface area contributed by atoms with Crippen molar-refractivity contribution in [3.63, 3.8) is 0 Å². The molecule has 0 saturated carbocycles. The lowest BCUT2D eigenvalue weighted by Gasteiger charge is -2.35. The number of likely N-dealkylation sites (tertiary alicyclic amines) is 1. The van der Waals surface area contributed by atoms with Crippen molar-refractivity contribution in [2.45, 2.75) is 31.8 Å². The van der Waals surface area contributed by atoms with E-state index in [0.29, 0.717) is 6.04 Å². The van der Waals surface area contributed by atoms with Crippen LogP contribution in [0.3, 0.4) is 0 Å². The summed E-state index contributed by atoms with van der Waals surface area (Å²) < 4.78 is 0. The van der Waals surface area contributed by atoms with E-state index in [2.05, 4.69) is 22.2 Å². The monoisotopic (exact) mass is 265 g/mol. The van der Waals surface area contributed by atoms with Gasteiger partial charge < -0.3 is 20.1 Å². The van der Waals surface area contributed by atoms with Crippen LogP contribution in [0.1, 0.15) is 31.6 Å². The second kappa shape index (κ2) is 6.06. The van der Waals surface area contributed by atoms with Crippen molar-refractivity contribution >= 4 is 6.03 Å². The van der Waals surface area contributed by atoms with Gasteiger partial charge in [-0.15, -0.1) is 0 Å². The third-order valence-corrected chi connectivity index (χ3v) is 3.56. The molecule has 1 aromatic rings. The number of hydrogen-bond donors (Lipinski definition) is 2. The Bertz CT molecular complexity index is 395. The maximum Gasteiger partial charge on any atom is 0.319 e. The molecule has 6 heteroatoms. The van der Waals surface area contributed by atoms with Crippen molar-refractivity contribution in [2.24, 2.45) is 0 Å². The van der Waals surface area contributed by atoms with Crippen LogP contribution < -0.4 is 5.32 Å². The molecule has 0 bridgehead atoms. The van der Waals surface area contributed by atoms with Gasteiger partial charge in [0.25, 0.3) is 0 Å². The third kappa shape index (κ3) is 3.47. The molecule has 1 fully saturated rings. The van der Waals surface area contributed by atoms with Crippen molar-refractivity contribution in [3.8, 4) is 0 Å². The van der Waals surface area contributed by atoms with Crippen molar-refractivity contribution in [3.05, 3.63) is 18.2 Å². The van der Waals surface area contributed by atoms with E-state index in [-0.39, 0.29) is 12.1 Å². The van der Waals surface area contributed by atoms with E-state index < -0.39 is 0 Å². The molecule has 0 aromatic carbocycles. The fourth-order valence-corrected chi connectivity index (χ4v) is 2.47. The number of carbonyl (C=O) groups is 1. The molecule has 1 saturated heterocycles. The molecule has 2 amide bonds. The lowest BCUT2D eigenvalue weighted by molar-refractivity contribution is 0.151. The molecule has 1 unspecified atom stereocenters. The van der Waals surface area contributed by atoms with Gasteiger partial charge in [-0.05, 0) is 19.8 Å². The first kappa shape index (κ1) is 13.9. The second-order valence-electron chi connectivity index (χ2n) is 5.30. The first-order valence-electron chi connectivity index (χ1n) is 6.79. The summed E-state index contributed by atoms with van der Waals surface area (Å²) in [5.41, 5.74) is 0. The van der Waals surface area contributed by atoms with Crippen LogP contribution in [0.4, 0.5) is 4.79 Å². The molecule has 2 N–H and O–H groups in total. The van der Waals surface area contributed by atoms with Gasteiger partial charge in [0.2, 0.25) is 0 Å². The highest BCUT2D eigenvalue weighted by Crippen LogP contribution is 2.15. The molecule has 1 aliphatic heterocycles. The highest BCUT2D eigenvalue weighted by atomic mass is 16.2. The number of nitrogens with zero attached hydrogens (tertiary/aromatic N) is 3. The summed E-state index contributed by atoms with van der Waals surface area (Å²) in [5.74, 6) is 0.965. The van der Waals surface area contributed by atoms with Crippen molar-refractivity contribution in [2.75, 3.05) is 27.2 Å². The zero-order chi connectivity index (χ0) is 13.8. The summed E-state index contributed by atoms with van der Waals surface area (Å²) in [6.45, 7) is 3.75.